The number of benzene rings is 1. The van der Waals surface area contributed by atoms with E-state index in [1.54, 1.807) is 0 Å². The molecule has 1 fully saturated rings. The predicted molar refractivity (Wildman–Crippen MR) is 112 cm³/mol. The Morgan fingerprint density at radius 2 is 1.46 bits per heavy atom. The van der Waals surface area contributed by atoms with Crippen LogP contribution in [-0.2, 0) is 32.7 Å². The third-order valence-corrected chi connectivity index (χ3v) is 5.30. The second-order valence-corrected chi connectivity index (χ2v) is 7.29. The summed E-state index contributed by atoms with van der Waals surface area (Å²) in [7, 11) is 0. The largest absolute Gasteiger partial charge is 0.301 e. The van der Waals surface area contributed by atoms with E-state index in [-0.39, 0.29) is 55.0 Å². The Balaban J connectivity index is -0.000000332. The average molecular weight is 427 g/mol. The van der Waals surface area contributed by atoms with Crippen molar-refractivity contribution in [3.05, 3.63) is 35.2 Å². The minimum absolute atomic E-state index is 0. The van der Waals surface area contributed by atoms with Crippen LogP contribution >= 0.6 is 11.3 Å². The van der Waals surface area contributed by atoms with Gasteiger partial charge in [0.25, 0.3) is 0 Å². The first kappa shape index (κ1) is 29.0. The van der Waals surface area contributed by atoms with Crippen LogP contribution < -0.4 is 0 Å². The maximum atomic E-state index is 2.53. The van der Waals surface area contributed by atoms with Crippen LogP contribution in [0.15, 0.2) is 30.3 Å². The molecule has 1 aromatic heterocycles. The van der Waals surface area contributed by atoms with Crippen molar-refractivity contribution in [2.24, 2.45) is 0 Å². The fraction of sp³-hybridized carbons (Fsp3) is 0.619. The van der Waals surface area contributed by atoms with Crippen LogP contribution in [-0.4, -0.2) is 24.0 Å². The summed E-state index contributed by atoms with van der Waals surface area (Å²) in [5.74, 6) is 0.655. The van der Waals surface area contributed by atoms with Crippen molar-refractivity contribution in [1.29, 1.82) is 0 Å². The third kappa shape index (κ3) is 8.56. The number of rotatable bonds is 2. The molecule has 1 saturated heterocycles. The maximum absolute atomic E-state index is 2.53. The summed E-state index contributed by atoms with van der Waals surface area (Å²) in [5.41, 5.74) is 0. The van der Waals surface area contributed by atoms with Gasteiger partial charge in [0.2, 0.25) is 0 Å². The summed E-state index contributed by atoms with van der Waals surface area (Å²) in [4.78, 5) is 4.01. The quantitative estimate of drug-likeness (QED) is 0.483. The molecule has 2 aromatic rings. The van der Waals surface area contributed by atoms with E-state index >= 15 is 0 Å². The molecule has 0 atom stereocenters. The van der Waals surface area contributed by atoms with Crippen LogP contribution in [0, 0.1) is 0 Å². The molecule has 1 nitrogen and oxygen atoms in total. The minimum atomic E-state index is 0. The van der Waals surface area contributed by atoms with Crippen molar-refractivity contribution in [3.8, 4) is 0 Å². The molecule has 24 heavy (non-hydrogen) atoms. The normalized spacial score (nSPS) is 13.2. The Bertz CT molecular complexity index is 494. The molecule has 0 spiro atoms. The number of likely N-dealkylation sites (tertiary alicyclic amines) is 1. The molecule has 1 aliphatic heterocycles. The van der Waals surface area contributed by atoms with Crippen molar-refractivity contribution >= 4 is 21.4 Å². The zero-order chi connectivity index (χ0) is 14.5. The van der Waals surface area contributed by atoms with E-state index < -0.39 is 0 Å². The first-order chi connectivity index (χ1) is 9.58. The van der Waals surface area contributed by atoms with E-state index in [1.165, 1.54) is 40.9 Å². The summed E-state index contributed by atoms with van der Waals surface area (Å²) < 4.78 is 1.40. The minimum Gasteiger partial charge on any atom is -0.301 e. The fourth-order valence-corrected chi connectivity index (χ4v) is 3.61. The molecule has 3 heteroatoms. The number of hydrogen-bond donors (Lipinski definition) is 0. The predicted octanol–water partition coefficient (Wildman–Crippen LogP) is 7.42. The summed E-state index contributed by atoms with van der Waals surface area (Å²) in [6.45, 7) is 11.7. The molecule has 2 heterocycles. The average Bonchev–Trinajstić information content (AvgIpc) is 3.08. The molecule has 0 saturated carbocycles. The molecule has 1 aromatic carbocycles. The van der Waals surface area contributed by atoms with Gasteiger partial charge in [-0.2, -0.15) is 0 Å². The van der Waals surface area contributed by atoms with Crippen LogP contribution in [0.4, 0.5) is 0 Å². The third-order valence-electron chi connectivity index (χ3n) is 3.88. The Kier molecular flexibility index (Phi) is 17.4. The van der Waals surface area contributed by atoms with Gasteiger partial charge in [0.1, 0.15) is 0 Å². The molecule has 3 rings (SSSR count). The zero-order valence-electron chi connectivity index (χ0n) is 13.8. The van der Waals surface area contributed by atoms with Crippen LogP contribution in [0.2, 0.25) is 0 Å². The first-order valence-corrected chi connectivity index (χ1v) is 8.62. The van der Waals surface area contributed by atoms with Gasteiger partial charge in [0, 0.05) is 48.3 Å². The Hall–Kier alpha value is 0.244. The molecule has 1 aliphatic rings. The second kappa shape index (κ2) is 14.4. The van der Waals surface area contributed by atoms with Crippen LogP contribution in [0.25, 0.3) is 10.1 Å². The molecule has 1 radical (unpaired) electrons. The first-order valence-electron chi connectivity index (χ1n) is 7.80. The van der Waals surface area contributed by atoms with Gasteiger partial charge < -0.3 is 4.90 Å². The maximum Gasteiger partial charge on any atom is 0.0345 e. The van der Waals surface area contributed by atoms with Gasteiger partial charge in [-0.3, -0.25) is 0 Å². The number of nitrogens with zero attached hydrogens (tertiary/aromatic N) is 1. The van der Waals surface area contributed by atoms with Gasteiger partial charge in [-0.1, -0.05) is 54.3 Å². The zero-order valence-corrected chi connectivity index (χ0v) is 17.5. The van der Waals surface area contributed by atoms with Gasteiger partial charge in [0.05, 0.1) is 0 Å². The van der Waals surface area contributed by atoms with Crippen molar-refractivity contribution in [1.82, 2.24) is 4.90 Å². The van der Waals surface area contributed by atoms with E-state index in [4.69, 9.17) is 0 Å². The number of thiophene rings is 1. The van der Waals surface area contributed by atoms with E-state index in [0.717, 1.165) is 6.04 Å². The fourth-order valence-electron chi connectivity index (χ4n) is 2.54. The van der Waals surface area contributed by atoms with Crippen molar-refractivity contribution in [2.75, 3.05) is 13.1 Å². The van der Waals surface area contributed by atoms with Gasteiger partial charge in [0.15, 0.2) is 0 Å². The monoisotopic (exact) mass is 426 g/mol. The Labute approximate surface area is 181 Å². The van der Waals surface area contributed by atoms with Gasteiger partial charge >= 0.3 is 0 Å². The van der Waals surface area contributed by atoms with Crippen molar-refractivity contribution < 1.29 is 32.7 Å². The van der Waals surface area contributed by atoms with Crippen LogP contribution in [0.3, 0.4) is 0 Å². The van der Waals surface area contributed by atoms with Gasteiger partial charge in [-0.05, 0) is 63.2 Å². The van der Waals surface area contributed by atoms with E-state index in [2.05, 4.69) is 62.9 Å². The smallest absolute Gasteiger partial charge is 0.0345 e. The Morgan fingerprint density at radius 3 is 1.88 bits per heavy atom. The molecule has 0 amide bonds. The molecular formula is C21H39NSY. The van der Waals surface area contributed by atoms with Crippen molar-refractivity contribution in [3.63, 3.8) is 0 Å². The van der Waals surface area contributed by atoms with Gasteiger partial charge in [-0.15, -0.1) is 11.3 Å². The van der Waals surface area contributed by atoms with Crippen molar-refractivity contribution in [2.45, 2.75) is 74.8 Å². The molecule has 137 valence electrons. The topological polar surface area (TPSA) is 3.24 Å². The summed E-state index contributed by atoms with van der Waals surface area (Å²) in [5, 5.41) is 1.38. The van der Waals surface area contributed by atoms with E-state index in [1.807, 2.05) is 11.3 Å². The van der Waals surface area contributed by atoms with Crippen LogP contribution in [0.5, 0.6) is 0 Å². The summed E-state index contributed by atoms with van der Waals surface area (Å²) in [6, 6.07) is 11.6. The van der Waals surface area contributed by atoms with Crippen LogP contribution in [0.1, 0.15) is 73.6 Å². The number of hydrogen-bond acceptors (Lipinski definition) is 2. The summed E-state index contributed by atoms with van der Waals surface area (Å²) >= 11 is 1.91. The molecular weight excluding hydrogens is 387 g/mol. The summed E-state index contributed by atoms with van der Waals surface area (Å²) in [6.07, 6.45) is 2.83. The number of fused-ring (bicyclic) bond motifs is 1. The second-order valence-electron chi connectivity index (χ2n) is 6.18. The van der Waals surface area contributed by atoms with E-state index in [0.29, 0.717) is 5.92 Å². The standard InChI is InChI=1S/C11H12S.C7H15N.3CH4.Y/c1-8(2)11-7-9-5-3-4-6-10(9)12-11;1-7(2)8-5-3-4-6-8;;;;/h3-8H,1-2H3;7H,3-6H2,1-2H3;3*1H4;. The molecule has 0 unspecified atom stereocenters. The Morgan fingerprint density at radius 1 is 0.917 bits per heavy atom. The molecule has 0 bridgehead atoms. The molecule has 0 N–H and O–H groups in total. The van der Waals surface area contributed by atoms with Gasteiger partial charge in [-0.25, -0.2) is 0 Å². The van der Waals surface area contributed by atoms with E-state index in [9.17, 15) is 0 Å². The SMILES string of the molecule is C.C.C.CC(C)N1CCCC1.CC(C)c1cc2ccccc2s1.[Y]. The molecule has 0 aliphatic carbocycles.